The van der Waals surface area contributed by atoms with Gasteiger partial charge in [0.25, 0.3) is 0 Å². The van der Waals surface area contributed by atoms with E-state index in [0.29, 0.717) is 11.2 Å². The number of thioether (sulfide) groups is 1. The van der Waals surface area contributed by atoms with Crippen molar-refractivity contribution in [1.82, 2.24) is 4.90 Å². The van der Waals surface area contributed by atoms with E-state index in [0.717, 1.165) is 30.4 Å². The lowest BCUT2D eigenvalue weighted by Crippen LogP contribution is -2.25. The highest BCUT2D eigenvalue weighted by Crippen LogP contribution is 2.52. The molecule has 2 aliphatic rings. The number of hydrogen-bond acceptors (Lipinski definition) is 4. The highest BCUT2D eigenvalue weighted by Gasteiger charge is 2.32. The summed E-state index contributed by atoms with van der Waals surface area (Å²) < 4.78 is 11.6. The van der Waals surface area contributed by atoms with E-state index in [2.05, 4.69) is 77.7 Å². The van der Waals surface area contributed by atoms with Crippen LogP contribution in [0.2, 0.25) is 0 Å². The number of rotatable bonds is 7. The van der Waals surface area contributed by atoms with E-state index in [9.17, 15) is 0 Å². The smallest absolute Gasteiger partial charge is 0.119 e. The fourth-order valence-corrected chi connectivity index (χ4v) is 6.39. The lowest BCUT2D eigenvalue weighted by molar-refractivity contribution is 0.237. The molecule has 0 amide bonds. The molecule has 2 heterocycles. The Hall–Kier alpha value is -2.43. The van der Waals surface area contributed by atoms with Crippen LogP contribution in [0.5, 0.6) is 11.5 Å². The number of methoxy groups -OCH3 is 1. The molecule has 32 heavy (non-hydrogen) atoms. The quantitative estimate of drug-likeness (QED) is 0.426. The standard InChI is InChI=1S/C28H31NO2S/c1-30-25-13-14-26-23(19-25)20-32-28(22-7-3-2-4-8-22)27(26)21-9-11-24(12-10-21)31-18-17-29-15-5-6-16-29/h2-4,7-14,19,27-28H,5-6,15-18,20H2,1H3/t27-,28-/m1/s1. The Morgan fingerprint density at radius 3 is 2.38 bits per heavy atom. The van der Waals surface area contributed by atoms with Gasteiger partial charge in [0.1, 0.15) is 18.1 Å². The summed E-state index contributed by atoms with van der Waals surface area (Å²) in [5, 5.41) is 0.388. The van der Waals surface area contributed by atoms with Gasteiger partial charge in [-0.25, -0.2) is 0 Å². The Morgan fingerprint density at radius 2 is 1.62 bits per heavy atom. The van der Waals surface area contributed by atoms with E-state index in [1.165, 1.54) is 48.2 Å². The van der Waals surface area contributed by atoms with E-state index < -0.39 is 0 Å². The van der Waals surface area contributed by atoms with Gasteiger partial charge in [-0.15, -0.1) is 11.8 Å². The van der Waals surface area contributed by atoms with Crippen molar-refractivity contribution < 1.29 is 9.47 Å². The lowest BCUT2D eigenvalue weighted by Gasteiger charge is -2.34. The minimum atomic E-state index is 0.302. The van der Waals surface area contributed by atoms with E-state index in [-0.39, 0.29) is 0 Å². The third kappa shape index (κ3) is 4.67. The van der Waals surface area contributed by atoms with Crippen LogP contribution in [0.15, 0.2) is 72.8 Å². The third-order valence-electron chi connectivity index (χ3n) is 6.65. The van der Waals surface area contributed by atoms with Crippen molar-refractivity contribution in [2.45, 2.75) is 29.8 Å². The normalized spacial score (nSPS) is 20.7. The number of benzene rings is 3. The van der Waals surface area contributed by atoms with Gasteiger partial charge in [-0.1, -0.05) is 48.5 Å². The first kappa shape index (κ1) is 21.4. The second-order valence-electron chi connectivity index (χ2n) is 8.65. The molecule has 0 aromatic heterocycles. The van der Waals surface area contributed by atoms with E-state index in [1.54, 1.807) is 7.11 Å². The molecule has 2 atom stereocenters. The molecule has 3 aromatic carbocycles. The van der Waals surface area contributed by atoms with Crippen molar-refractivity contribution in [2.75, 3.05) is 33.4 Å². The summed E-state index contributed by atoms with van der Waals surface area (Å²) in [6.07, 6.45) is 2.65. The molecule has 0 aliphatic carbocycles. The number of nitrogens with zero attached hydrogens (tertiary/aromatic N) is 1. The first-order valence-electron chi connectivity index (χ1n) is 11.6. The van der Waals surface area contributed by atoms with Crippen LogP contribution in [0.3, 0.4) is 0 Å². The SMILES string of the molecule is COc1ccc2c(c1)CS[C@H](c1ccccc1)[C@@H]2c1ccc(OCCN2CCCC2)cc1. The van der Waals surface area contributed by atoms with Crippen LogP contribution in [-0.4, -0.2) is 38.3 Å². The van der Waals surface area contributed by atoms with Crippen LogP contribution in [0, 0.1) is 0 Å². The molecule has 5 rings (SSSR count). The Kier molecular flexibility index (Phi) is 6.70. The number of hydrogen-bond donors (Lipinski definition) is 0. The highest BCUT2D eigenvalue weighted by molar-refractivity contribution is 7.98. The molecule has 0 spiro atoms. The van der Waals surface area contributed by atoms with Crippen molar-refractivity contribution in [1.29, 1.82) is 0 Å². The van der Waals surface area contributed by atoms with Crippen molar-refractivity contribution in [2.24, 2.45) is 0 Å². The van der Waals surface area contributed by atoms with Crippen LogP contribution in [0.4, 0.5) is 0 Å². The van der Waals surface area contributed by atoms with Crippen LogP contribution in [0.1, 0.15) is 46.3 Å². The van der Waals surface area contributed by atoms with Gasteiger partial charge in [-0.2, -0.15) is 0 Å². The van der Waals surface area contributed by atoms with Gasteiger partial charge in [0.15, 0.2) is 0 Å². The van der Waals surface area contributed by atoms with Crippen molar-refractivity contribution in [3.05, 3.63) is 95.1 Å². The Bertz CT molecular complexity index is 1020. The molecule has 3 aromatic rings. The molecule has 0 radical (unpaired) electrons. The van der Waals surface area contributed by atoms with Gasteiger partial charge in [0.05, 0.1) is 7.11 Å². The maximum Gasteiger partial charge on any atom is 0.119 e. The summed E-state index contributed by atoms with van der Waals surface area (Å²) in [6.45, 7) is 4.21. The Labute approximate surface area is 195 Å². The molecule has 0 N–H and O–H groups in total. The molecule has 0 bridgehead atoms. The minimum absolute atomic E-state index is 0.302. The van der Waals surface area contributed by atoms with E-state index in [1.807, 2.05) is 11.8 Å². The van der Waals surface area contributed by atoms with Crippen LogP contribution in [0.25, 0.3) is 0 Å². The molecule has 0 unspecified atom stereocenters. The number of fused-ring (bicyclic) bond motifs is 1. The summed E-state index contributed by atoms with van der Waals surface area (Å²) in [5.41, 5.74) is 5.50. The first-order valence-corrected chi connectivity index (χ1v) is 12.6. The van der Waals surface area contributed by atoms with Gasteiger partial charge in [0.2, 0.25) is 0 Å². The van der Waals surface area contributed by atoms with Gasteiger partial charge < -0.3 is 9.47 Å². The third-order valence-corrected chi connectivity index (χ3v) is 8.03. The molecular weight excluding hydrogens is 414 g/mol. The van der Waals surface area contributed by atoms with Crippen LogP contribution in [-0.2, 0) is 5.75 Å². The Balaban J connectivity index is 1.39. The van der Waals surface area contributed by atoms with Gasteiger partial charge >= 0.3 is 0 Å². The molecule has 1 saturated heterocycles. The summed E-state index contributed by atoms with van der Waals surface area (Å²) in [5.74, 6) is 3.20. The lowest BCUT2D eigenvalue weighted by atomic mass is 9.83. The Morgan fingerprint density at radius 1 is 0.875 bits per heavy atom. The fourth-order valence-electron chi connectivity index (χ4n) is 4.93. The summed E-state index contributed by atoms with van der Waals surface area (Å²) in [7, 11) is 1.74. The van der Waals surface area contributed by atoms with Crippen LogP contribution < -0.4 is 9.47 Å². The molecule has 0 saturated carbocycles. The zero-order valence-electron chi connectivity index (χ0n) is 18.7. The average molecular weight is 446 g/mol. The van der Waals surface area contributed by atoms with Gasteiger partial charge in [-0.05, 0) is 72.5 Å². The maximum absolute atomic E-state index is 6.06. The van der Waals surface area contributed by atoms with Crippen molar-refractivity contribution in [3.8, 4) is 11.5 Å². The van der Waals surface area contributed by atoms with Crippen molar-refractivity contribution >= 4 is 11.8 Å². The fraction of sp³-hybridized carbons (Fsp3) is 0.357. The summed E-state index contributed by atoms with van der Waals surface area (Å²) in [6, 6.07) is 26.3. The average Bonchev–Trinajstić information content (AvgIpc) is 3.37. The van der Waals surface area contributed by atoms with Gasteiger partial charge in [-0.3, -0.25) is 4.90 Å². The maximum atomic E-state index is 6.06. The molecule has 166 valence electrons. The molecule has 2 aliphatic heterocycles. The van der Waals surface area contributed by atoms with Crippen molar-refractivity contribution in [3.63, 3.8) is 0 Å². The molecular formula is C28H31NO2S. The second-order valence-corrected chi connectivity index (χ2v) is 9.78. The molecule has 1 fully saturated rings. The summed E-state index contributed by atoms with van der Waals surface area (Å²) in [4.78, 5) is 2.49. The largest absolute Gasteiger partial charge is 0.497 e. The van der Waals surface area contributed by atoms with Gasteiger partial charge in [0, 0.05) is 23.5 Å². The number of ether oxygens (including phenoxy) is 2. The predicted octanol–water partition coefficient (Wildman–Crippen LogP) is 6.29. The topological polar surface area (TPSA) is 21.7 Å². The van der Waals surface area contributed by atoms with Crippen LogP contribution >= 0.6 is 11.8 Å². The minimum Gasteiger partial charge on any atom is -0.497 e. The zero-order chi connectivity index (χ0) is 21.8. The second kappa shape index (κ2) is 10.0. The van der Waals surface area contributed by atoms with E-state index >= 15 is 0 Å². The zero-order valence-corrected chi connectivity index (χ0v) is 19.5. The first-order chi connectivity index (χ1) is 15.8. The monoisotopic (exact) mass is 445 g/mol. The number of likely N-dealkylation sites (tertiary alicyclic amines) is 1. The summed E-state index contributed by atoms with van der Waals surface area (Å²) >= 11 is 2.02. The van der Waals surface area contributed by atoms with E-state index in [4.69, 9.17) is 9.47 Å². The predicted molar refractivity (Wildman–Crippen MR) is 133 cm³/mol. The molecule has 4 heteroatoms. The molecule has 3 nitrogen and oxygen atoms in total. The highest BCUT2D eigenvalue weighted by atomic mass is 32.2.